The average Bonchev–Trinajstić information content (AvgIpc) is 2.49. The molecular weight excluding hydrogens is 258 g/mol. The van der Waals surface area contributed by atoms with Crippen molar-refractivity contribution in [1.82, 2.24) is 0 Å². The second-order valence-corrected chi connectivity index (χ2v) is 4.51. The third-order valence-corrected chi connectivity index (χ3v) is 3.05. The summed E-state index contributed by atoms with van der Waals surface area (Å²) in [5.41, 5.74) is 0.938. The Morgan fingerprint density at radius 2 is 2.10 bits per heavy atom. The number of hydrogen-bond donors (Lipinski definition) is 1. The minimum atomic E-state index is 0.175. The van der Waals surface area contributed by atoms with Gasteiger partial charge in [0.15, 0.2) is 0 Å². The highest BCUT2D eigenvalue weighted by Gasteiger charge is 2.15. The molecule has 1 N–H and O–H groups in total. The van der Waals surface area contributed by atoms with E-state index >= 15 is 0 Å². The first-order chi connectivity index (χ1) is 9.83. The van der Waals surface area contributed by atoms with Gasteiger partial charge in [-0.3, -0.25) is 0 Å². The smallest absolute Gasteiger partial charge is 0.147 e. The second-order valence-electron chi connectivity index (χ2n) is 4.51. The predicted octanol–water partition coefficient (Wildman–Crippen LogP) is 2.66. The summed E-state index contributed by atoms with van der Waals surface area (Å²) >= 11 is 0. The first-order valence-electron chi connectivity index (χ1n) is 7.16. The zero-order valence-electron chi connectivity index (χ0n) is 12.2. The van der Waals surface area contributed by atoms with E-state index in [1.54, 1.807) is 0 Å². The largest absolute Gasteiger partial charge is 0.494 e. The van der Waals surface area contributed by atoms with Crippen molar-refractivity contribution in [2.24, 2.45) is 0 Å². The fraction of sp³-hybridized carbons (Fsp3) is 0.600. The van der Waals surface area contributed by atoms with E-state index in [0.29, 0.717) is 20.0 Å². The molecule has 0 spiro atoms. The average molecular weight is 281 g/mol. The van der Waals surface area contributed by atoms with Gasteiger partial charge in [-0.15, -0.1) is 0 Å². The third kappa shape index (κ3) is 4.28. The van der Waals surface area contributed by atoms with Gasteiger partial charge in [-0.1, -0.05) is 0 Å². The first kappa shape index (κ1) is 14.9. The van der Waals surface area contributed by atoms with Crippen LogP contribution in [0.4, 0.5) is 5.69 Å². The lowest BCUT2D eigenvalue weighted by molar-refractivity contribution is -0.133. The SMILES string of the molecule is CCOc1ccc(OCC)c(NCC2CCOCO2)c1. The van der Waals surface area contributed by atoms with Gasteiger partial charge in [0.1, 0.15) is 18.3 Å². The Labute approximate surface area is 120 Å². The highest BCUT2D eigenvalue weighted by Crippen LogP contribution is 2.29. The number of nitrogens with one attached hydrogen (secondary N) is 1. The summed E-state index contributed by atoms with van der Waals surface area (Å²) in [5, 5.41) is 3.38. The lowest BCUT2D eigenvalue weighted by Crippen LogP contribution is -2.30. The predicted molar refractivity (Wildman–Crippen MR) is 77.6 cm³/mol. The van der Waals surface area contributed by atoms with Crippen LogP contribution < -0.4 is 14.8 Å². The molecule has 1 unspecified atom stereocenters. The number of hydrogen-bond acceptors (Lipinski definition) is 5. The molecule has 0 radical (unpaired) electrons. The lowest BCUT2D eigenvalue weighted by Gasteiger charge is -2.24. The Kier molecular flexibility index (Phi) is 5.95. The molecule has 2 rings (SSSR count). The molecule has 1 saturated heterocycles. The number of anilines is 1. The van der Waals surface area contributed by atoms with E-state index in [1.807, 2.05) is 32.0 Å². The minimum absolute atomic E-state index is 0.175. The van der Waals surface area contributed by atoms with Gasteiger partial charge in [-0.05, 0) is 32.4 Å². The van der Waals surface area contributed by atoms with Crippen LogP contribution in [0.15, 0.2) is 18.2 Å². The maximum atomic E-state index is 5.63. The molecular formula is C15H23NO4. The molecule has 1 aliphatic rings. The van der Waals surface area contributed by atoms with Gasteiger partial charge in [0.2, 0.25) is 0 Å². The van der Waals surface area contributed by atoms with Gasteiger partial charge in [0.05, 0.1) is 31.6 Å². The van der Waals surface area contributed by atoms with Crippen molar-refractivity contribution < 1.29 is 18.9 Å². The van der Waals surface area contributed by atoms with Crippen LogP contribution in [-0.4, -0.2) is 39.3 Å². The van der Waals surface area contributed by atoms with Crippen molar-refractivity contribution in [3.63, 3.8) is 0 Å². The molecule has 0 aromatic heterocycles. The number of rotatable bonds is 7. The maximum Gasteiger partial charge on any atom is 0.147 e. The highest BCUT2D eigenvalue weighted by molar-refractivity contribution is 5.59. The van der Waals surface area contributed by atoms with Gasteiger partial charge in [-0.2, -0.15) is 0 Å². The summed E-state index contributed by atoms with van der Waals surface area (Å²) in [6.45, 7) is 7.10. The zero-order chi connectivity index (χ0) is 14.2. The molecule has 1 heterocycles. The Balaban J connectivity index is 2.00. The summed E-state index contributed by atoms with van der Waals surface area (Å²) in [4.78, 5) is 0. The van der Waals surface area contributed by atoms with Crippen molar-refractivity contribution in [1.29, 1.82) is 0 Å². The Hall–Kier alpha value is -1.46. The van der Waals surface area contributed by atoms with Gasteiger partial charge < -0.3 is 24.3 Å². The summed E-state index contributed by atoms with van der Waals surface area (Å²) < 4.78 is 21.8. The summed E-state index contributed by atoms with van der Waals surface area (Å²) in [7, 11) is 0. The zero-order valence-corrected chi connectivity index (χ0v) is 12.2. The topological polar surface area (TPSA) is 49.0 Å². The van der Waals surface area contributed by atoms with E-state index in [0.717, 1.165) is 36.8 Å². The fourth-order valence-electron chi connectivity index (χ4n) is 2.07. The van der Waals surface area contributed by atoms with E-state index in [9.17, 15) is 0 Å². The number of benzene rings is 1. The normalized spacial score (nSPS) is 18.6. The Bertz CT molecular complexity index is 405. The Morgan fingerprint density at radius 1 is 1.25 bits per heavy atom. The molecule has 112 valence electrons. The second kappa shape index (κ2) is 7.97. The van der Waals surface area contributed by atoms with Crippen molar-refractivity contribution in [2.45, 2.75) is 26.4 Å². The third-order valence-electron chi connectivity index (χ3n) is 3.05. The van der Waals surface area contributed by atoms with Crippen LogP contribution in [0.3, 0.4) is 0 Å². The van der Waals surface area contributed by atoms with E-state index in [1.165, 1.54) is 0 Å². The van der Waals surface area contributed by atoms with Crippen LogP contribution in [0.2, 0.25) is 0 Å². The summed E-state index contributed by atoms with van der Waals surface area (Å²) in [6.07, 6.45) is 1.08. The molecule has 5 heteroatoms. The van der Waals surface area contributed by atoms with Gasteiger partial charge in [0.25, 0.3) is 0 Å². The molecule has 20 heavy (non-hydrogen) atoms. The van der Waals surface area contributed by atoms with Crippen LogP contribution >= 0.6 is 0 Å². The molecule has 1 aromatic rings. The molecule has 1 atom stereocenters. The monoisotopic (exact) mass is 281 g/mol. The molecule has 1 fully saturated rings. The molecule has 0 aliphatic carbocycles. The molecule has 0 saturated carbocycles. The van der Waals surface area contributed by atoms with E-state index in [4.69, 9.17) is 18.9 Å². The molecule has 1 aromatic carbocycles. The molecule has 0 amide bonds. The minimum Gasteiger partial charge on any atom is -0.494 e. The standard InChI is InChI=1S/C15H23NO4/c1-3-18-12-5-6-15(19-4-2)14(9-12)16-10-13-7-8-17-11-20-13/h5-6,9,13,16H,3-4,7-8,10-11H2,1-2H3. The van der Waals surface area contributed by atoms with E-state index in [2.05, 4.69) is 5.32 Å². The van der Waals surface area contributed by atoms with Crippen molar-refractivity contribution >= 4 is 5.69 Å². The highest BCUT2D eigenvalue weighted by atomic mass is 16.7. The van der Waals surface area contributed by atoms with E-state index < -0.39 is 0 Å². The summed E-state index contributed by atoms with van der Waals surface area (Å²) in [5.74, 6) is 1.68. The van der Waals surface area contributed by atoms with Gasteiger partial charge in [0, 0.05) is 12.6 Å². The van der Waals surface area contributed by atoms with Crippen LogP contribution in [0.1, 0.15) is 20.3 Å². The van der Waals surface area contributed by atoms with Crippen LogP contribution in [0.5, 0.6) is 11.5 Å². The van der Waals surface area contributed by atoms with Crippen LogP contribution in [-0.2, 0) is 9.47 Å². The van der Waals surface area contributed by atoms with Gasteiger partial charge >= 0.3 is 0 Å². The molecule has 5 nitrogen and oxygen atoms in total. The molecule has 1 aliphatic heterocycles. The quantitative estimate of drug-likeness (QED) is 0.832. The Morgan fingerprint density at radius 3 is 2.80 bits per heavy atom. The van der Waals surface area contributed by atoms with Crippen molar-refractivity contribution in [3.05, 3.63) is 18.2 Å². The van der Waals surface area contributed by atoms with E-state index in [-0.39, 0.29) is 6.10 Å². The van der Waals surface area contributed by atoms with Crippen molar-refractivity contribution in [3.8, 4) is 11.5 Å². The van der Waals surface area contributed by atoms with Crippen LogP contribution in [0.25, 0.3) is 0 Å². The molecule has 0 bridgehead atoms. The first-order valence-corrected chi connectivity index (χ1v) is 7.16. The van der Waals surface area contributed by atoms with Gasteiger partial charge in [-0.25, -0.2) is 0 Å². The summed E-state index contributed by atoms with van der Waals surface area (Å²) in [6, 6.07) is 5.82. The number of ether oxygens (including phenoxy) is 4. The maximum absolute atomic E-state index is 5.63. The fourth-order valence-corrected chi connectivity index (χ4v) is 2.07. The van der Waals surface area contributed by atoms with Crippen molar-refractivity contribution in [2.75, 3.05) is 38.5 Å². The lowest BCUT2D eigenvalue weighted by atomic mass is 10.2. The van der Waals surface area contributed by atoms with Crippen LogP contribution in [0, 0.1) is 0 Å².